The topological polar surface area (TPSA) is 3.24 Å². The first kappa shape index (κ1) is 39.3. The number of benzene rings is 11. The Hall–Kier alpha value is -8.26. The molecule has 0 spiro atoms. The number of hydrogen-bond donors (Lipinski definition) is 0. The van der Waals surface area contributed by atoms with Gasteiger partial charge in [-0.05, 0) is 149 Å². The van der Waals surface area contributed by atoms with Gasteiger partial charge in [0.15, 0.2) is 0 Å². The molecule has 66 heavy (non-hydrogen) atoms. The van der Waals surface area contributed by atoms with Crippen molar-refractivity contribution in [2.75, 3.05) is 4.90 Å². The molecular weight excluding hydrogens is 795 g/mol. The molecule has 0 saturated carbocycles. The van der Waals surface area contributed by atoms with Crippen molar-refractivity contribution >= 4 is 38.6 Å². The zero-order chi connectivity index (χ0) is 43.8. The molecule has 1 aliphatic carbocycles. The van der Waals surface area contributed by atoms with E-state index in [0.29, 0.717) is 0 Å². The fourth-order valence-corrected chi connectivity index (χ4v) is 10.6. The first-order chi connectivity index (χ1) is 32.7. The SMILES string of the molecule is c1ccc(-c2ccc(-c3ccc(N(c4ccccc4)c4ccc(-c5ccccc5C5CCc6ccccc6-c6ccccc65)c(-c5cc6ccccc6c6ccccc56)c4)cc3)cc2)cc1. The summed E-state index contributed by atoms with van der Waals surface area (Å²) in [6.07, 6.45) is 2.06. The van der Waals surface area contributed by atoms with Crippen LogP contribution in [0, 0.1) is 0 Å². The Morgan fingerprint density at radius 2 is 0.773 bits per heavy atom. The Bertz CT molecular complexity index is 3510. The average molecular weight is 842 g/mol. The van der Waals surface area contributed by atoms with Gasteiger partial charge in [-0.15, -0.1) is 0 Å². The molecule has 0 bridgehead atoms. The normalized spacial score (nSPS) is 13.2. The molecule has 0 aliphatic heterocycles. The zero-order valence-corrected chi connectivity index (χ0v) is 36.7. The molecule has 11 aromatic carbocycles. The highest BCUT2D eigenvalue weighted by Crippen LogP contribution is 2.48. The molecule has 0 radical (unpaired) electrons. The first-order valence-electron chi connectivity index (χ1n) is 23.2. The quantitative estimate of drug-likeness (QED) is 0.138. The summed E-state index contributed by atoms with van der Waals surface area (Å²) in [5.74, 6) is 0.222. The van der Waals surface area contributed by atoms with E-state index < -0.39 is 0 Å². The van der Waals surface area contributed by atoms with E-state index in [2.05, 4.69) is 260 Å². The van der Waals surface area contributed by atoms with Crippen molar-refractivity contribution in [1.82, 2.24) is 0 Å². The van der Waals surface area contributed by atoms with Gasteiger partial charge >= 0.3 is 0 Å². The zero-order valence-electron chi connectivity index (χ0n) is 36.7. The van der Waals surface area contributed by atoms with Crippen LogP contribution in [0.15, 0.2) is 255 Å². The van der Waals surface area contributed by atoms with Crippen molar-refractivity contribution in [1.29, 1.82) is 0 Å². The monoisotopic (exact) mass is 841 g/mol. The van der Waals surface area contributed by atoms with Crippen molar-refractivity contribution in [3.05, 3.63) is 271 Å². The molecule has 1 atom stereocenters. The maximum atomic E-state index is 2.45. The third-order valence-corrected chi connectivity index (χ3v) is 13.8. The van der Waals surface area contributed by atoms with Gasteiger partial charge in [-0.3, -0.25) is 0 Å². The van der Waals surface area contributed by atoms with Gasteiger partial charge in [-0.2, -0.15) is 0 Å². The molecule has 0 heterocycles. The van der Waals surface area contributed by atoms with E-state index in [1.165, 1.54) is 93.9 Å². The maximum absolute atomic E-state index is 2.45. The molecular formula is C65H47N. The van der Waals surface area contributed by atoms with Crippen LogP contribution in [-0.4, -0.2) is 0 Å². The highest BCUT2D eigenvalue weighted by atomic mass is 15.1. The van der Waals surface area contributed by atoms with Crippen LogP contribution in [0.5, 0.6) is 0 Å². The lowest BCUT2D eigenvalue weighted by Gasteiger charge is -2.28. The van der Waals surface area contributed by atoms with E-state index >= 15 is 0 Å². The number of rotatable bonds is 8. The van der Waals surface area contributed by atoms with Gasteiger partial charge in [0.25, 0.3) is 0 Å². The van der Waals surface area contributed by atoms with Crippen LogP contribution < -0.4 is 4.90 Å². The van der Waals surface area contributed by atoms with Crippen LogP contribution in [-0.2, 0) is 6.42 Å². The van der Waals surface area contributed by atoms with Crippen molar-refractivity contribution in [2.45, 2.75) is 18.8 Å². The van der Waals surface area contributed by atoms with E-state index in [1.54, 1.807) is 0 Å². The van der Waals surface area contributed by atoms with Crippen LogP contribution in [0.25, 0.3) is 77.2 Å². The molecule has 0 amide bonds. The lowest BCUT2D eigenvalue weighted by atomic mass is 9.80. The molecule has 0 N–H and O–H groups in total. The van der Waals surface area contributed by atoms with E-state index in [1.807, 2.05) is 0 Å². The summed E-state index contributed by atoms with van der Waals surface area (Å²) < 4.78 is 0. The van der Waals surface area contributed by atoms with E-state index in [-0.39, 0.29) is 5.92 Å². The summed E-state index contributed by atoms with van der Waals surface area (Å²) in [5, 5.41) is 5.01. The number of anilines is 3. The fourth-order valence-electron chi connectivity index (χ4n) is 10.6. The molecule has 1 nitrogen and oxygen atoms in total. The second-order valence-corrected chi connectivity index (χ2v) is 17.5. The van der Waals surface area contributed by atoms with E-state index in [0.717, 1.165) is 29.9 Å². The Labute approximate surface area is 387 Å². The number of nitrogens with zero attached hydrogens (tertiary/aromatic N) is 1. The third-order valence-electron chi connectivity index (χ3n) is 13.8. The third kappa shape index (κ3) is 7.16. The van der Waals surface area contributed by atoms with E-state index in [9.17, 15) is 0 Å². The van der Waals surface area contributed by atoms with Gasteiger partial charge in [0.1, 0.15) is 0 Å². The lowest BCUT2D eigenvalue weighted by Crippen LogP contribution is -2.10. The standard InChI is InChI=1S/C65H47N/c1-3-17-45(18-4-1)46-31-33-47(34-32-46)48-35-38-52(39-36-48)66(51-21-5-2-6-22-51)53-40-42-63(65(44-53)64-43-50-20-8-10-24-55(50)57-26-12-16-30-61(57)64)60-29-15-14-28-59(60)62-41-37-49-19-7-9-23-54(49)56-25-11-13-27-58(56)62/h1-36,38-40,42-44,62H,37,41H2. The minimum absolute atomic E-state index is 0.222. The molecule has 0 fully saturated rings. The van der Waals surface area contributed by atoms with Crippen LogP contribution in [0.3, 0.4) is 0 Å². The van der Waals surface area contributed by atoms with Gasteiger partial charge in [-0.25, -0.2) is 0 Å². The van der Waals surface area contributed by atoms with Crippen molar-refractivity contribution in [2.24, 2.45) is 0 Å². The van der Waals surface area contributed by atoms with Gasteiger partial charge in [0.05, 0.1) is 0 Å². The van der Waals surface area contributed by atoms with Gasteiger partial charge < -0.3 is 4.90 Å². The van der Waals surface area contributed by atoms with Crippen LogP contribution in [0.2, 0.25) is 0 Å². The predicted molar refractivity (Wildman–Crippen MR) is 280 cm³/mol. The summed E-state index contributed by atoms with van der Waals surface area (Å²) in [7, 11) is 0. The molecule has 0 aromatic heterocycles. The Morgan fingerprint density at radius 1 is 0.288 bits per heavy atom. The Balaban J connectivity index is 1.03. The fraction of sp³-hybridized carbons (Fsp3) is 0.0462. The lowest BCUT2D eigenvalue weighted by molar-refractivity contribution is 0.727. The summed E-state index contributed by atoms with van der Waals surface area (Å²) >= 11 is 0. The average Bonchev–Trinajstić information content (AvgIpc) is 3.56. The summed E-state index contributed by atoms with van der Waals surface area (Å²) in [6, 6.07) is 94.0. The summed E-state index contributed by atoms with van der Waals surface area (Å²) in [5.41, 5.74) is 20.0. The number of fused-ring (bicyclic) bond motifs is 6. The second kappa shape index (κ2) is 17.0. The van der Waals surface area contributed by atoms with Crippen molar-refractivity contribution in [3.8, 4) is 55.6 Å². The molecule has 11 aromatic rings. The van der Waals surface area contributed by atoms with Gasteiger partial charge in [0.2, 0.25) is 0 Å². The minimum Gasteiger partial charge on any atom is -0.310 e. The number of aryl methyl sites for hydroxylation is 1. The molecule has 1 aliphatic rings. The molecule has 12 rings (SSSR count). The van der Waals surface area contributed by atoms with Crippen LogP contribution in [0.4, 0.5) is 17.1 Å². The molecule has 0 saturated heterocycles. The molecule has 312 valence electrons. The number of para-hydroxylation sites is 1. The Morgan fingerprint density at radius 3 is 1.47 bits per heavy atom. The van der Waals surface area contributed by atoms with Crippen molar-refractivity contribution in [3.63, 3.8) is 0 Å². The smallest absolute Gasteiger partial charge is 0.0468 e. The molecule has 1 unspecified atom stereocenters. The molecule has 1 heteroatoms. The highest BCUT2D eigenvalue weighted by molar-refractivity contribution is 6.15. The maximum Gasteiger partial charge on any atom is 0.0468 e. The van der Waals surface area contributed by atoms with E-state index in [4.69, 9.17) is 0 Å². The minimum atomic E-state index is 0.222. The van der Waals surface area contributed by atoms with Crippen LogP contribution >= 0.6 is 0 Å². The van der Waals surface area contributed by atoms with Gasteiger partial charge in [0, 0.05) is 23.0 Å². The van der Waals surface area contributed by atoms with Crippen LogP contribution in [0.1, 0.15) is 29.0 Å². The number of hydrogen-bond acceptors (Lipinski definition) is 1. The Kier molecular flexibility index (Phi) is 10.2. The highest BCUT2D eigenvalue weighted by Gasteiger charge is 2.27. The summed E-state index contributed by atoms with van der Waals surface area (Å²) in [6.45, 7) is 0. The predicted octanol–water partition coefficient (Wildman–Crippen LogP) is 17.9. The summed E-state index contributed by atoms with van der Waals surface area (Å²) in [4.78, 5) is 2.41. The second-order valence-electron chi connectivity index (χ2n) is 17.5. The largest absolute Gasteiger partial charge is 0.310 e. The first-order valence-corrected chi connectivity index (χ1v) is 23.2. The van der Waals surface area contributed by atoms with Crippen molar-refractivity contribution < 1.29 is 0 Å². The van der Waals surface area contributed by atoms with Gasteiger partial charge in [-0.1, -0.05) is 212 Å².